The van der Waals surface area contributed by atoms with Crippen LogP contribution in [0.15, 0.2) is 36.4 Å². The third-order valence-electron chi connectivity index (χ3n) is 4.01. The number of amides is 1. The zero-order valence-electron chi connectivity index (χ0n) is 13.3. The number of methoxy groups -OCH3 is 2. The van der Waals surface area contributed by atoms with Gasteiger partial charge in [-0.3, -0.25) is 4.79 Å². The van der Waals surface area contributed by atoms with Crippen LogP contribution in [0.5, 0.6) is 11.5 Å². The molecule has 2 aromatic carbocycles. The number of nitrogens with one attached hydrogen (secondary N) is 2. The van der Waals surface area contributed by atoms with Gasteiger partial charge in [0, 0.05) is 25.7 Å². The van der Waals surface area contributed by atoms with Gasteiger partial charge in [0.2, 0.25) is 0 Å². The Morgan fingerprint density at radius 2 is 1.91 bits per heavy atom. The van der Waals surface area contributed by atoms with Crippen LogP contribution < -0.4 is 20.1 Å². The van der Waals surface area contributed by atoms with Crippen molar-refractivity contribution >= 4 is 5.91 Å². The SMILES string of the molecule is COc1ccc(C(=O)NCc2ccc3c(c2)CNC3)c(OC)c1. The first kappa shape index (κ1) is 15.4. The molecule has 0 fully saturated rings. The fourth-order valence-corrected chi connectivity index (χ4v) is 2.72. The van der Waals surface area contributed by atoms with E-state index in [0.717, 1.165) is 18.7 Å². The van der Waals surface area contributed by atoms with Gasteiger partial charge < -0.3 is 20.1 Å². The summed E-state index contributed by atoms with van der Waals surface area (Å²) in [6.07, 6.45) is 0. The van der Waals surface area contributed by atoms with E-state index in [2.05, 4.69) is 28.8 Å². The summed E-state index contributed by atoms with van der Waals surface area (Å²) in [5.41, 5.74) is 4.22. The summed E-state index contributed by atoms with van der Waals surface area (Å²) >= 11 is 0. The van der Waals surface area contributed by atoms with E-state index in [1.165, 1.54) is 11.1 Å². The van der Waals surface area contributed by atoms with Gasteiger partial charge in [0.15, 0.2) is 0 Å². The standard InChI is InChI=1S/C18H20N2O3/c1-22-15-5-6-16(17(8-15)23-2)18(21)20-9-12-3-4-13-10-19-11-14(13)7-12/h3-8,19H,9-11H2,1-2H3,(H,20,21). The Labute approximate surface area is 135 Å². The van der Waals surface area contributed by atoms with E-state index in [0.29, 0.717) is 23.6 Å². The molecule has 1 heterocycles. The molecule has 0 saturated carbocycles. The number of rotatable bonds is 5. The topological polar surface area (TPSA) is 59.6 Å². The lowest BCUT2D eigenvalue weighted by Gasteiger charge is -2.11. The predicted octanol–water partition coefficient (Wildman–Crippen LogP) is 2.24. The Bertz CT molecular complexity index is 728. The fraction of sp³-hybridized carbons (Fsp3) is 0.278. The van der Waals surface area contributed by atoms with E-state index >= 15 is 0 Å². The second-order valence-electron chi connectivity index (χ2n) is 5.46. The molecule has 2 aromatic rings. The van der Waals surface area contributed by atoms with E-state index in [1.54, 1.807) is 32.4 Å². The highest BCUT2D eigenvalue weighted by Gasteiger charge is 2.14. The van der Waals surface area contributed by atoms with Crippen LogP contribution in [0.4, 0.5) is 0 Å². The van der Waals surface area contributed by atoms with Gasteiger partial charge in [0.1, 0.15) is 11.5 Å². The van der Waals surface area contributed by atoms with Crippen LogP contribution in [0, 0.1) is 0 Å². The zero-order valence-corrected chi connectivity index (χ0v) is 13.3. The first-order chi connectivity index (χ1) is 11.2. The molecule has 0 unspecified atom stereocenters. The van der Waals surface area contributed by atoms with Crippen LogP contribution in [-0.4, -0.2) is 20.1 Å². The Morgan fingerprint density at radius 1 is 1.09 bits per heavy atom. The molecule has 0 saturated heterocycles. The third kappa shape index (κ3) is 3.29. The maximum atomic E-state index is 12.4. The summed E-state index contributed by atoms with van der Waals surface area (Å²) in [5.74, 6) is 0.993. The minimum absolute atomic E-state index is 0.164. The van der Waals surface area contributed by atoms with Crippen LogP contribution in [0.1, 0.15) is 27.0 Å². The molecule has 2 N–H and O–H groups in total. The van der Waals surface area contributed by atoms with Crippen molar-refractivity contribution in [1.29, 1.82) is 0 Å². The van der Waals surface area contributed by atoms with E-state index < -0.39 is 0 Å². The van der Waals surface area contributed by atoms with Gasteiger partial charge in [-0.15, -0.1) is 0 Å². The molecule has 1 aliphatic rings. The lowest BCUT2D eigenvalue weighted by Crippen LogP contribution is -2.23. The average molecular weight is 312 g/mol. The molecule has 3 rings (SSSR count). The summed E-state index contributed by atoms with van der Waals surface area (Å²) in [4.78, 5) is 12.4. The van der Waals surface area contributed by atoms with Gasteiger partial charge in [0.25, 0.3) is 5.91 Å². The quantitative estimate of drug-likeness (QED) is 0.889. The molecule has 0 atom stereocenters. The summed E-state index contributed by atoms with van der Waals surface area (Å²) < 4.78 is 10.4. The fourth-order valence-electron chi connectivity index (χ4n) is 2.72. The number of carbonyl (C=O) groups excluding carboxylic acids is 1. The number of ether oxygens (including phenoxy) is 2. The number of carbonyl (C=O) groups is 1. The van der Waals surface area contributed by atoms with Crippen molar-refractivity contribution in [2.45, 2.75) is 19.6 Å². The smallest absolute Gasteiger partial charge is 0.255 e. The number of benzene rings is 2. The van der Waals surface area contributed by atoms with Crippen molar-refractivity contribution in [2.75, 3.05) is 14.2 Å². The number of hydrogen-bond donors (Lipinski definition) is 2. The maximum absolute atomic E-state index is 12.4. The van der Waals surface area contributed by atoms with Gasteiger partial charge in [-0.05, 0) is 28.8 Å². The van der Waals surface area contributed by atoms with Crippen molar-refractivity contribution in [3.63, 3.8) is 0 Å². The Kier molecular flexibility index (Phi) is 4.48. The Hall–Kier alpha value is -2.53. The second kappa shape index (κ2) is 6.71. The van der Waals surface area contributed by atoms with Gasteiger partial charge in [-0.25, -0.2) is 0 Å². The molecule has 0 aliphatic carbocycles. The normalized spacial score (nSPS) is 12.6. The largest absolute Gasteiger partial charge is 0.497 e. The zero-order chi connectivity index (χ0) is 16.2. The minimum Gasteiger partial charge on any atom is -0.497 e. The van der Waals surface area contributed by atoms with E-state index in [4.69, 9.17) is 9.47 Å². The van der Waals surface area contributed by atoms with Crippen LogP contribution >= 0.6 is 0 Å². The van der Waals surface area contributed by atoms with Gasteiger partial charge >= 0.3 is 0 Å². The van der Waals surface area contributed by atoms with E-state index in [-0.39, 0.29) is 5.91 Å². The van der Waals surface area contributed by atoms with Crippen molar-refractivity contribution in [3.8, 4) is 11.5 Å². The second-order valence-corrected chi connectivity index (χ2v) is 5.46. The molecule has 23 heavy (non-hydrogen) atoms. The highest BCUT2D eigenvalue weighted by molar-refractivity contribution is 5.97. The Morgan fingerprint density at radius 3 is 2.70 bits per heavy atom. The number of hydrogen-bond acceptors (Lipinski definition) is 4. The first-order valence-corrected chi connectivity index (χ1v) is 7.53. The summed E-state index contributed by atoms with van der Waals surface area (Å²) in [5, 5.41) is 6.25. The molecule has 5 nitrogen and oxygen atoms in total. The van der Waals surface area contributed by atoms with Crippen molar-refractivity contribution in [2.24, 2.45) is 0 Å². The van der Waals surface area contributed by atoms with Crippen LogP contribution in [0.3, 0.4) is 0 Å². The molecule has 0 bridgehead atoms. The van der Waals surface area contributed by atoms with Crippen LogP contribution in [-0.2, 0) is 19.6 Å². The average Bonchev–Trinajstić information content (AvgIpc) is 3.06. The molecule has 120 valence electrons. The molecule has 5 heteroatoms. The van der Waals surface area contributed by atoms with Crippen LogP contribution in [0.25, 0.3) is 0 Å². The summed E-state index contributed by atoms with van der Waals surface area (Å²) in [6.45, 7) is 2.30. The lowest BCUT2D eigenvalue weighted by atomic mass is 10.1. The minimum atomic E-state index is -0.164. The molecular formula is C18H20N2O3. The molecule has 0 aromatic heterocycles. The molecular weight excluding hydrogens is 292 g/mol. The lowest BCUT2D eigenvalue weighted by molar-refractivity contribution is 0.0948. The maximum Gasteiger partial charge on any atom is 0.255 e. The molecule has 0 spiro atoms. The van der Waals surface area contributed by atoms with Crippen molar-refractivity contribution < 1.29 is 14.3 Å². The third-order valence-corrected chi connectivity index (χ3v) is 4.01. The van der Waals surface area contributed by atoms with E-state index in [1.807, 2.05) is 0 Å². The highest BCUT2D eigenvalue weighted by atomic mass is 16.5. The van der Waals surface area contributed by atoms with Crippen molar-refractivity contribution in [1.82, 2.24) is 10.6 Å². The van der Waals surface area contributed by atoms with Gasteiger partial charge in [-0.2, -0.15) is 0 Å². The summed E-state index contributed by atoms with van der Waals surface area (Å²) in [7, 11) is 3.12. The van der Waals surface area contributed by atoms with E-state index in [9.17, 15) is 4.79 Å². The molecule has 1 amide bonds. The first-order valence-electron chi connectivity index (χ1n) is 7.53. The number of fused-ring (bicyclic) bond motifs is 1. The van der Waals surface area contributed by atoms with Gasteiger partial charge in [-0.1, -0.05) is 18.2 Å². The Balaban J connectivity index is 1.70. The van der Waals surface area contributed by atoms with Crippen LogP contribution in [0.2, 0.25) is 0 Å². The predicted molar refractivity (Wildman–Crippen MR) is 87.7 cm³/mol. The molecule has 0 radical (unpaired) electrons. The molecule has 1 aliphatic heterocycles. The highest BCUT2D eigenvalue weighted by Crippen LogP contribution is 2.24. The van der Waals surface area contributed by atoms with Gasteiger partial charge in [0.05, 0.1) is 19.8 Å². The summed E-state index contributed by atoms with van der Waals surface area (Å²) in [6, 6.07) is 11.5. The monoisotopic (exact) mass is 312 g/mol. The van der Waals surface area contributed by atoms with Crippen molar-refractivity contribution in [3.05, 3.63) is 58.7 Å².